The first-order valence-corrected chi connectivity index (χ1v) is 11.6. The molecule has 174 valence electrons. The molecule has 5 rings (SSSR count). The van der Waals surface area contributed by atoms with Crippen molar-refractivity contribution in [3.63, 3.8) is 0 Å². The number of halogens is 1. The van der Waals surface area contributed by atoms with Gasteiger partial charge in [-0.3, -0.25) is 9.59 Å². The zero-order valence-corrected chi connectivity index (χ0v) is 18.8. The molecule has 2 fully saturated rings. The molecule has 3 heterocycles. The minimum Gasteiger partial charge on any atom is -0.355 e. The zero-order chi connectivity index (χ0) is 23.5. The number of hydrogen-bond donors (Lipinski definition) is 1. The van der Waals surface area contributed by atoms with Gasteiger partial charge in [0.1, 0.15) is 5.82 Å². The molecule has 1 N–H and O–H groups in total. The van der Waals surface area contributed by atoms with Crippen LogP contribution in [0.25, 0.3) is 11.3 Å². The van der Waals surface area contributed by atoms with Gasteiger partial charge in [0, 0.05) is 43.0 Å². The third-order valence-corrected chi connectivity index (χ3v) is 6.41. The van der Waals surface area contributed by atoms with Gasteiger partial charge >= 0.3 is 0 Å². The second kappa shape index (κ2) is 9.59. The summed E-state index contributed by atoms with van der Waals surface area (Å²) in [4.78, 5) is 28.9. The van der Waals surface area contributed by atoms with Gasteiger partial charge in [0.05, 0.1) is 11.6 Å². The van der Waals surface area contributed by atoms with Crippen LogP contribution in [0, 0.1) is 11.7 Å². The van der Waals surface area contributed by atoms with E-state index in [-0.39, 0.29) is 30.6 Å². The zero-order valence-electron chi connectivity index (χ0n) is 18.8. The molecule has 1 aromatic heterocycles. The number of anilines is 3. The van der Waals surface area contributed by atoms with Gasteiger partial charge in [-0.2, -0.15) is 0 Å². The lowest BCUT2D eigenvalue weighted by Gasteiger charge is -2.27. The summed E-state index contributed by atoms with van der Waals surface area (Å²) < 4.78 is 13.2. The second-order valence-corrected chi connectivity index (χ2v) is 8.77. The van der Waals surface area contributed by atoms with E-state index < -0.39 is 5.92 Å². The van der Waals surface area contributed by atoms with Crippen LogP contribution in [0.15, 0.2) is 60.7 Å². The van der Waals surface area contributed by atoms with Gasteiger partial charge in [0.15, 0.2) is 5.82 Å². The second-order valence-electron chi connectivity index (χ2n) is 8.77. The fraction of sp³-hybridized carbons (Fsp3) is 0.308. The number of carbonyl (C=O) groups excluding carboxylic acids is 2. The summed E-state index contributed by atoms with van der Waals surface area (Å²) in [6.07, 6.45) is 3.78. The average Bonchev–Trinajstić information content (AvgIpc) is 3.27. The van der Waals surface area contributed by atoms with E-state index in [1.807, 2.05) is 36.4 Å². The highest BCUT2D eigenvalue weighted by molar-refractivity contribution is 6.03. The topological polar surface area (TPSA) is 78.4 Å². The Morgan fingerprint density at radius 2 is 1.65 bits per heavy atom. The maximum atomic E-state index is 13.2. The smallest absolute Gasteiger partial charge is 0.229 e. The molecule has 2 amide bonds. The number of nitrogens with zero attached hydrogens (tertiary/aromatic N) is 4. The number of hydrogen-bond acceptors (Lipinski definition) is 5. The molecule has 1 atom stereocenters. The highest BCUT2D eigenvalue weighted by atomic mass is 19.1. The van der Waals surface area contributed by atoms with Crippen LogP contribution in [0.5, 0.6) is 0 Å². The van der Waals surface area contributed by atoms with Crippen LogP contribution in [-0.2, 0) is 9.59 Å². The molecule has 3 aromatic rings. The molecule has 0 bridgehead atoms. The number of rotatable bonds is 5. The van der Waals surface area contributed by atoms with E-state index >= 15 is 0 Å². The lowest BCUT2D eigenvalue weighted by Crippen LogP contribution is -2.30. The average molecular weight is 460 g/mol. The Morgan fingerprint density at radius 1 is 0.912 bits per heavy atom. The van der Waals surface area contributed by atoms with E-state index in [2.05, 4.69) is 20.4 Å². The van der Waals surface area contributed by atoms with Crippen molar-refractivity contribution in [2.75, 3.05) is 34.8 Å². The van der Waals surface area contributed by atoms with Crippen LogP contribution in [0.3, 0.4) is 0 Å². The van der Waals surface area contributed by atoms with Crippen LogP contribution >= 0.6 is 0 Å². The van der Waals surface area contributed by atoms with Gasteiger partial charge in [-0.05, 0) is 67.8 Å². The Kier molecular flexibility index (Phi) is 6.20. The normalized spacial score (nSPS) is 18.3. The van der Waals surface area contributed by atoms with Crippen molar-refractivity contribution in [1.29, 1.82) is 0 Å². The molecule has 8 heteroatoms. The first-order chi connectivity index (χ1) is 16.6. The van der Waals surface area contributed by atoms with Gasteiger partial charge in [0.2, 0.25) is 11.8 Å². The van der Waals surface area contributed by atoms with Gasteiger partial charge in [-0.25, -0.2) is 4.39 Å². The number of benzene rings is 2. The minimum absolute atomic E-state index is 0.125. The summed E-state index contributed by atoms with van der Waals surface area (Å²) in [5.41, 5.74) is 2.93. The van der Waals surface area contributed by atoms with E-state index in [9.17, 15) is 14.0 Å². The fourth-order valence-electron chi connectivity index (χ4n) is 4.49. The van der Waals surface area contributed by atoms with E-state index in [4.69, 9.17) is 0 Å². The van der Waals surface area contributed by atoms with Crippen molar-refractivity contribution in [2.45, 2.75) is 25.7 Å². The molecular formula is C26H26FN5O2. The molecule has 1 unspecified atom stereocenters. The van der Waals surface area contributed by atoms with E-state index in [0.717, 1.165) is 30.2 Å². The maximum absolute atomic E-state index is 13.2. The Morgan fingerprint density at radius 3 is 2.32 bits per heavy atom. The standard InChI is InChI=1S/C26H26FN5O2/c27-20-6-10-22(11-7-20)32-17-19(16-25(32)33)26(34)28-21-8-4-18(5-9-21)23-12-13-24(30-29-23)31-14-2-1-3-15-31/h4-13,19H,1-3,14-17H2,(H,28,34). The summed E-state index contributed by atoms with van der Waals surface area (Å²) in [5.74, 6) is -0.277. The molecule has 2 aliphatic rings. The molecule has 2 aliphatic heterocycles. The number of nitrogens with one attached hydrogen (secondary N) is 1. The first-order valence-electron chi connectivity index (χ1n) is 11.6. The first kappa shape index (κ1) is 22.0. The van der Waals surface area contributed by atoms with Gasteiger partial charge in [0.25, 0.3) is 0 Å². The van der Waals surface area contributed by atoms with E-state index in [1.54, 1.807) is 12.1 Å². The highest BCUT2D eigenvalue weighted by Crippen LogP contribution is 2.27. The third-order valence-electron chi connectivity index (χ3n) is 6.41. The lowest BCUT2D eigenvalue weighted by molar-refractivity contribution is -0.122. The van der Waals surface area contributed by atoms with Crippen molar-refractivity contribution >= 4 is 29.0 Å². The fourth-order valence-corrected chi connectivity index (χ4v) is 4.49. The number of aromatic nitrogens is 2. The van der Waals surface area contributed by atoms with E-state index in [0.29, 0.717) is 11.4 Å². The molecule has 0 aliphatic carbocycles. The van der Waals surface area contributed by atoms with Crippen LogP contribution in [0.1, 0.15) is 25.7 Å². The Bertz CT molecular complexity index is 1160. The van der Waals surface area contributed by atoms with Crippen molar-refractivity contribution in [1.82, 2.24) is 10.2 Å². The predicted molar refractivity (Wildman–Crippen MR) is 129 cm³/mol. The molecule has 34 heavy (non-hydrogen) atoms. The molecule has 2 saturated heterocycles. The Balaban J connectivity index is 1.20. The predicted octanol–water partition coefficient (Wildman–Crippen LogP) is 4.26. The molecule has 7 nitrogen and oxygen atoms in total. The van der Waals surface area contributed by atoms with Crippen molar-refractivity contribution in [3.05, 3.63) is 66.5 Å². The number of carbonyl (C=O) groups is 2. The van der Waals surface area contributed by atoms with Crippen LogP contribution in [-0.4, -0.2) is 41.6 Å². The largest absolute Gasteiger partial charge is 0.355 e. The third kappa shape index (κ3) is 4.76. The highest BCUT2D eigenvalue weighted by Gasteiger charge is 2.35. The summed E-state index contributed by atoms with van der Waals surface area (Å²) in [5, 5.41) is 11.7. The van der Waals surface area contributed by atoms with Crippen LogP contribution in [0.4, 0.5) is 21.6 Å². The van der Waals surface area contributed by atoms with Gasteiger partial charge in [-0.15, -0.1) is 10.2 Å². The molecule has 0 spiro atoms. The van der Waals surface area contributed by atoms with Gasteiger partial charge in [-0.1, -0.05) is 12.1 Å². The molecule has 2 aromatic carbocycles. The van der Waals surface area contributed by atoms with Crippen molar-refractivity contribution < 1.29 is 14.0 Å². The number of amides is 2. The summed E-state index contributed by atoms with van der Waals surface area (Å²) in [6, 6.07) is 17.1. The van der Waals surface area contributed by atoms with Crippen LogP contribution in [0.2, 0.25) is 0 Å². The molecular weight excluding hydrogens is 433 g/mol. The quantitative estimate of drug-likeness (QED) is 0.617. The maximum Gasteiger partial charge on any atom is 0.229 e. The van der Waals surface area contributed by atoms with Gasteiger partial charge < -0.3 is 15.1 Å². The summed E-state index contributed by atoms with van der Waals surface area (Å²) in [6.45, 7) is 2.32. The Labute approximate surface area is 197 Å². The monoisotopic (exact) mass is 459 g/mol. The number of piperidine rings is 1. The lowest BCUT2D eigenvalue weighted by atomic mass is 10.1. The summed E-state index contributed by atoms with van der Waals surface area (Å²) >= 11 is 0. The minimum atomic E-state index is -0.467. The SMILES string of the molecule is O=C(Nc1ccc(-c2ccc(N3CCCCC3)nn2)cc1)C1CC(=O)N(c2ccc(F)cc2)C1. The summed E-state index contributed by atoms with van der Waals surface area (Å²) in [7, 11) is 0. The molecule has 0 radical (unpaired) electrons. The van der Waals surface area contributed by atoms with Crippen molar-refractivity contribution in [3.8, 4) is 11.3 Å². The Hall–Kier alpha value is -3.81. The molecule has 0 saturated carbocycles. The van der Waals surface area contributed by atoms with Crippen LogP contribution < -0.4 is 15.1 Å². The van der Waals surface area contributed by atoms with E-state index in [1.165, 1.54) is 36.3 Å². The van der Waals surface area contributed by atoms with Crippen molar-refractivity contribution in [2.24, 2.45) is 5.92 Å².